The molecule has 0 rings (SSSR count). The van der Waals surface area contributed by atoms with Crippen molar-refractivity contribution in [1.29, 1.82) is 0 Å². The van der Waals surface area contributed by atoms with E-state index in [9.17, 15) is 9.90 Å². The van der Waals surface area contributed by atoms with Crippen molar-refractivity contribution in [2.45, 2.75) is 71.8 Å². The van der Waals surface area contributed by atoms with Crippen molar-refractivity contribution in [3.8, 4) is 0 Å². The second-order valence-electron chi connectivity index (χ2n) is 7.68. The SMILES string of the molecule is CC(NC(=O)O)C(O[Si](C)(C)C(C)(C)C)C(C)(C)CO. The number of carboxylic acid groups (broad SMARTS) is 1. The van der Waals surface area contributed by atoms with Crippen LogP contribution in [0.1, 0.15) is 41.5 Å². The topological polar surface area (TPSA) is 78.8 Å². The summed E-state index contributed by atoms with van der Waals surface area (Å²) in [6.45, 7) is 16.2. The lowest BCUT2D eigenvalue weighted by Crippen LogP contribution is -2.56. The molecule has 0 saturated carbocycles. The molecule has 120 valence electrons. The van der Waals surface area contributed by atoms with Gasteiger partial charge < -0.3 is 20.0 Å². The standard InChI is InChI=1S/C14H31NO4Si/c1-10(15-12(17)18)11(14(5,6)9-16)19-20(7,8)13(2,3)4/h10-11,15-16H,9H2,1-8H3,(H,17,18). The maximum atomic E-state index is 10.9. The predicted molar refractivity (Wildman–Crippen MR) is 83.6 cm³/mol. The minimum atomic E-state index is -2.05. The normalized spacial score (nSPS) is 16.6. The molecule has 0 fully saturated rings. The fourth-order valence-corrected chi connectivity index (χ4v) is 3.30. The van der Waals surface area contributed by atoms with Crippen molar-refractivity contribution in [2.75, 3.05) is 6.61 Å². The zero-order chi connectivity index (χ0) is 16.4. The number of nitrogens with one attached hydrogen (secondary N) is 1. The number of hydrogen-bond acceptors (Lipinski definition) is 3. The molecule has 0 aliphatic carbocycles. The first kappa shape index (κ1) is 19.4. The highest BCUT2D eigenvalue weighted by molar-refractivity contribution is 6.74. The van der Waals surface area contributed by atoms with Gasteiger partial charge in [-0.2, -0.15) is 0 Å². The van der Waals surface area contributed by atoms with Crippen LogP contribution in [-0.4, -0.2) is 43.4 Å². The monoisotopic (exact) mass is 305 g/mol. The molecule has 0 saturated heterocycles. The third kappa shape index (κ3) is 5.07. The van der Waals surface area contributed by atoms with E-state index in [1.165, 1.54) is 0 Å². The van der Waals surface area contributed by atoms with Gasteiger partial charge in [0.25, 0.3) is 0 Å². The van der Waals surface area contributed by atoms with Crippen molar-refractivity contribution < 1.29 is 19.4 Å². The molecule has 0 spiro atoms. The molecule has 2 unspecified atom stereocenters. The lowest BCUT2D eigenvalue weighted by Gasteiger charge is -2.45. The van der Waals surface area contributed by atoms with Crippen LogP contribution in [0.3, 0.4) is 0 Å². The van der Waals surface area contributed by atoms with E-state index < -0.39 is 19.8 Å². The molecule has 0 bridgehead atoms. The molecule has 3 N–H and O–H groups in total. The molecule has 0 heterocycles. The maximum Gasteiger partial charge on any atom is 0.404 e. The van der Waals surface area contributed by atoms with Gasteiger partial charge in [-0.25, -0.2) is 4.79 Å². The Hall–Kier alpha value is -0.593. The zero-order valence-corrected chi connectivity index (χ0v) is 15.1. The maximum absolute atomic E-state index is 10.9. The van der Waals surface area contributed by atoms with E-state index in [1.54, 1.807) is 6.92 Å². The van der Waals surface area contributed by atoms with Crippen LogP contribution in [0.5, 0.6) is 0 Å². The van der Waals surface area contributed by atoms with Crippen molar-refractivity contribution >= 4 is 14.4 Å². The van der Waals surface area contributed by atoms with Gasteiger partial charge in [-0.05, 0) is 25.1 Å². The van der Waals surface area contributed by atoms with Gasteiger partial charge in [0.15, 0.2) is 8.32 Å². The molecule has 0 aliphatic heterocycles. The molecule has 0 aromatic rings. The van der Waals surface area contributed by atoms with Crippen molar-refractivity contribution in [2.24, 2.45) is 5.41 Å². The summed E-state index contributed by atoms with van der Waals surface area (Å²) in [5.41, 5.74) is -0.516. The van der Waals surface area contributed by atoms with Crippen LogP contribution in [0.2, 0.25) is 18.1 Å². The van der Waals surface area contributed by atoms with E-state index in [-0.39, 0.29) is 23.8 Å². The summed E-state index contributed by atoms with van der Waals surface area (Å²) in [7, 11) is -2.05. The minimum Gasteiger partial charge on any atom is -0.465 e. The fraction of sp³-hybridized carbons (Fsp3) is 0.929. The summed E-state index contributed by atoms with van der Waals surface area (Å²) >= 11 is 0. The molecule has 0 aromatic carbocycles. The Morgan fingerprint density at radius 3 is 2.00 bits per heavy atom. The smallest absolute Gasteiger partial charge is 0.404 e. The van der Waals surface area contributed by atoms with Crippen LogP contribution in [0.15, 0.2) is 0 Å². The molecule has 1 amide bonds. The fourth-order valence-electron chi connectivity index (χ4n) is 1.79. The van der Waals surface area contributed by atoms with Crippen LogP contribution in [-0.2, 0) is 4.43 Å². The zero-order valence-electron chi connectivity index (χ0n) is 14.1. The first-order valence-electron chi connectivity index (χ1n) is 7.03. The van der Waals surface area contributed by atoms with E-state index >= 15 is 0 Å². The number of carbonyl (C=O) groups is 1. The second-order valence-corrected chi connectivity index (χ2v) is 12.4. The third-order valence-electron chi connectivity index (χ3n) is 4.21. The Kier molecular flexibility index (Phi) is 6.26. The summed E-state index contributed by atoms with van der Waals surface area (Å²) < 4.78 is 6.37. The van der Waals surface area contributed by atoms with Crippen LogP contribution < -0.4 is 5.32 Å². The van der Waals surface area contributed by atoms with Gasteiger partial charge in [0.1, 0.15) is 0 Å². The van der Waals surface area contributed by atoms with E-state index in [1.807, 2.05) is 13.8 Å². The Bertz CT molecular complexity index is 337. The summed E-state index contributed by atoms with van der Waals surface area (Å²) in [4.78, 5) is 10.9. The molecule has 0 aliphatic rings. The molecule has 6 heteroatoms. The largest absolute Gasteiger partial charge is 0.465 e. The lowest BCUT2D eigenvalue weighted by molar-refractivity contribution is -0.00273. The molecule has 0 radical (unpaired) electrons. The molecular formula is C14H31NO4Si. The van der Waals surface area contributed by atoms with Gasteiger partial charge in [0, 0.05) is 5.41 Å². The first-order valence-corrected chi connectivity index (χ1v) is 9.93. The Morgan fingerprint density at radius 1 is 1.25 bits per heavy atom. The minimum absolute atomic E-state index is 0.0275. The molecule has 5 nitrogen and oxygen atoms in total. The highest BCUT2D eigenvalue weighted by atomic mass is 28.4. The van der Waals surface area contributed by atoms with Crippen LogP contribution >= 0.6 is 0 Å². The van der Waals surface area contributed by atoms with Gasteiger partial charge in [-0.15, -0.1) is 0 Å². The Morgan fingerprint density at radius 2 is 1.70 bits per heavy atom. The average molecular weight is 305 g/mol. The molecule has 0 aromatic heterocycles. The number of amides is 1. The average Bonchev–Trinajstić information content (AvgIpc) is 2.23. The second kappa shape index (κ2) is 6.45. The van der Waals surface area contributed by atoms with E-state index in [0.717, 1.165) is 0 Å². The van der Waals surface area contributed by atoms with Gasteiger partial charge in [-0.1, -0.05) is 34.6 Å². The van der Waals surface area contributed by atoms with E-state index in [2.05, 4.69) is 39.2 Å². The summed E-state index contributed by atoms with van der Waals surface area (Å²) in [6.07, 6.45) is -1.44. The van der Waals surface area contributed by atoms with Gasteiger partial charge in [-0.3, -0.25) is 0 Å². The summed E-state index contributed by atoms with van der Waals surface area (Å²) in [5, 5.41) is 21.0. The van der Waals surface area contributed by atoms with Crippen LogP contribution in [0.25, 0.3) is 0 Å². The quantitative estimate of drug-likeness (QED) is 0.659. The predicted octanol–water partition coefficient (Wildman–Crippen LogP) is 3.05. The Balaban J connectivity index is 5.31. The number of aliphatic hydroxyl groups is 1. The highest BCUT2D eigenvalue weighted by Gasteiger charge is 2.44. The molecular weight excluding hydrogens is 274 g/mol. The molecule has 20 heavy (non-hydrogen) atoms. The van der Waals surface area contributed by atoms with Gasteiger partial charge in [0.05, 0.1) is 18.8 Å². The lowest BCUT2D eigenvalue weighted by atomic mass is 9.84. The third-order valence-corrected chi connectivity index (χ3v) is 8.67. The first-order chi connectivity index (χ1) is 8.74. The van der Waals surface area contributed by atoms with E-state index in [4.69, 9.17) is 9.53 Å². The van der Waals surface area contributed by atoms with E-state index in [0.29, 0.717) is 0 Å². The van der Waals surface area contributed by atoms with Crippen molar-refractivity contribution in [3.05, 3.63) is 0 Å². The summed E-state index contributed by atoms with van der Waals surface area (Å²) in [6, 6.07) is -0.385. The van der Waals surface area contributed by atoms with Crippen LogP contribution in [0, 0.1) is 5.41 Å². The molecule has 2 atom stereocenters. The van der Waals surface area contributed by atoms with Crippen molar-refractivity contribution in [3.63, 3.8) is 0 Å². The Labute approximate surface area is 123 Å². The highest BCUT2D eigenvalue weighted by Crippen LogP contribution is 2.40. The van der Waals surface area contributed by atoms with Gasteiger partial charge in [0.2, 0.25) is 0 Å². The number of aliphatic hydroxyl groups excluding tert-OH is 1. The van der Waals surface area contributed by atoms with Gasteiger partial charge >= 0.3 is 6.09 Å². The van der Waals surface area contributed by atoms with Crippen molar-refractivity contribution in [1.82, 2.24) is 5.32 Å². The number of hydrogen-bond donors (Lipinski definition) is 3. The van der Waals surface area contributed by atoms with Crippen LogP contribution in [0.4, 0.5) is 4.79 Å². The number of rotatable bonds is 6. The summed E-state index contributed by atoms with van der Waals surface area (Å²) in [5.74, 6) is 0.